The van der Waals surface area contributed by atoms with Crippen molar-refractivity contribution in [2.75, 3.05) is 0 Å². The molecule has 1 rings (SSSR count). The normalized spacial score (nSPS) is 12.8. The summed E-state index contributed by atoms with van der Waals surface area (Å²) in [6.07, 6.45) is 37.9. The molecule has 0 saturated carbocycles. The largest absolute Gasteiger partial charge is 0.294 e. The van der Waals surface area contributed by atoms with Crippen LogP contribution in [-0.2, 0) is 0 Å². The minimum Gasteiger partial charge on any atom is -0.294 e. The summed E-state index contributed by atoms with van der Waals surface area (Å²) in [5.41, 5.74) is 8.41. The van der Waals surface area contributed by atoms with Crippen molar-refractivity contribution in [3.8, 4) is 0 Å². The van der Waals surface area contributed by atoms with Gasteiger partial charge in [-0.2, -0.15) is 5.11 Å². The van der Waals surface area contributed by atoms with Crippen molar-refractivity contribution in [3.63, 3.8) is 0 Å². The number of unbranched alkanes of at least 4 members (excludes halogenated alkanes) is 19. The zero-order chi connectivity index (χ0) is 31.2. The Labute approximate surface area is 268 Å². The molecular formula is C40H72N2O. The highest BCUT2D eigenvalue weighted by Gasteiger charge is 2.20. The Balaban J connectivity index is 2.47. The van der Waals surface area contributed by atoms with E-state index in [0.29, 0.717) is 17.7 Å². The van der Waals surface area contributed by atoms with E-state index in [1.165, 1.54) is 161 Å². The SMILES string of the molecule is CCCCCCCCCC(CCCCC)C(CCCCCCCCC)CCCCCCCCC(=O)c1ccccc1N=N. The van der Waals surface area contributed by atoms with Crippen LogP contribution >= 0.6 is 0 Å². The number of carbonyl (C=O) groups is 1. The summed E-state index contributed by atoms with van der Waals surface area (Å²) in [6.45, 7) is 6.98. The van der Waals surface area contributed by atoms with Gasteiger partial charge in [-0.1, -0.05) is 200 Å². The van der Waals surface area contributed by atoms with Crippen molar-refractivity contribution in [2.45, 2.75) is 201 Å². The second-order valence-electron chi connectivity index (χ2n) is 13.5. The first kappa shape index (κ1) is 39.5. The second kappa shape index (κ2) is 29.2. The molecule has 0 amide bonds. The summed E-state index contributed by atoms with van der Waals surface area (Å²) in [7, 11) is 0. The molecular weight excluding hydrogens is 524 g/mol. The van der Waals surface area contributed by atoms with Gasteiger partial charge in [0.05, 0.1) is 5.69 Å². The Morgan fingerprint density at radius 2 is 0.884 bits per heavy atom. The third-order valence-electron chi connectivity index (χ3n) is 9.76. The van der Waals surface area contributed by atoms with Crippen LogP contribution < -0.4 is 0 Å². The Hall–Kier alpha value is -1.51. The van der Waals surface area contributed by atoms with E-state index >= 15 is 0 Å². The third-order valence-corrected chi connectivity index (χ3v) is 9.76. The number of hydrogen-bond acceptors (Lipinski definition) is 3. The topological polar surface area (TPSA) is 53.3 Å². The first-order valence-electron chi connectivity index (χ1n) is 19.2. The first-order valence-corrected chi connectivity index (χ1v) is 19.2. The molecule has 1 aromatic carbocycles. The van der Waals surface area contributed by atoms with Gasteiger partial charge in [0, 0.05) is 12.0 Å². The zero-order valence-corrected chi connectivity index (χ0v) is 29.1. The van der Waals surface area contributed by atoms with Crippen LogP contribution in [0.5, 0.6) is 0 Å². The molecule has 2 atom stereocenters. The molecule has 0 aliphatic rings. The average Bonchev–Trinajstić information content (AvgIpc) is 3.03. The van der Waals surface area contributed by atoms with Crippen LogP contribution in [0.15, 0.2) is 29.4 Å². The lowest BCUT2D eigenvalue weighted by atomic mass is 9.78. The molecule has 3 nitrogen and oxygen atoms in total. The molecule has 0 fully saturated rings. The maximum atomic E-state index is 12.6. The smallest absolute Gasteiger partial charge is 0.165 e. The highest BCUT2D eigenvalue weighted by molar-refractivity contribution is 6.00. The summed E-state index contributed by atoms with van der Waals surface area (Å²) in [4.78, 5) is 12.6. The molecule has 0 aliphatic carbocycles. The third kappa shape index (κ3) is 21.0. The zero-order valence-electron chi connectivity index (χ0n) is 29.1. The van der Waals surface area contributed by atoms with E-state index in [1.807, 2.05) is 18.2 Å². The number of Topliss-reactive ketones (excluding diaryl/α,β-unsaturated/α-hetero) is 1. The van der Waals surface area contributed by atoms with Crippen LogP contribution in [0.25, 0.3) is 0 Å². The highest BCUT2D eigenvalue weighted by atomic mass is 16.1. The number of para-hydroxylation sites is 1. The number of carbonyl (C=O) groups excluding carboxylic acids is 1. The minimum absolute atomic E-state index is 0.134. The number of nitrogens with one attached hydrogen (secondary N) is 1. The van der Waals surface area contributed by atoms with Gasteiger partial charge in [0.2, 0.25) is 0 Å². The van der Waals surface area contributed by atoms with Crippen LogP contribution in [0.3, 0.4) is 0 Å². The second-order valence-corrected chi connectivity index (χ2v) is 13.5. The predicted octanol–water partition coefficient (Wildman–Crippen LogP) is 14.7. The summed E-state index contributed by atoms with van der Waals surface area (Å²) in [5, 5.41) is 3.52. The molecule has 3 heteroatoms. The van der Waals surface area contributed by atoms with E-state index in [9.17, 15) is 4.79 Å². The summed E-state index contributed by atoms with van der Waals surface area (Å²) in [5.74, 6) is 2.02. The Morgan fingerprint density at radius 3 is 1.33 bits per heavy atom. The summed E-state index contributed by atoms with van der Waals surface area (Å²) >= 11 is 0. The lowest BCUT2D eigenvalue weighted by Gasteiger charge is -2.28. The maximum Gasteiger partial charge on any atom is 0.165 e. The molecule has 2 unspecified atom stereocenters. The Morgan fingerprint density at radius 1 is 0.535 bits per heavy atom. The molecule has 0 heterocycles. The van der Waals surface area contributed by atoms with Crippen LogP contribution in [0.4, 0.5) is 5.69 Å². The van der Waals surface area contributed by atoms with E-state index in [-0.39, 0.29) is 5.78 Å². The molecule has 0 aromatic heterocycles. The fraction of sp³-hybridized carbons (Fsp3) is 0.825. The number of hydrogen-bond donors (Lipinski definition) is 1. The van der Waals surface area contributed by atoms with Crippen LogP contribution in [-0.4, -0.2) is 5.78 Å². The molecule has 0 spiro atoms. The van der Waals surface area contributed by atoms with Crippen molar-refractivity contribution < 1.29 is 4.79 Å². The van der Waals surface area contributed by atoms with Crippen LogP contribution in [0.1, 0.15) is 211 Å². The average molecular weight is 597 g/mol. The van der Waals surface area contributed by atoms with E-state index in [0.717, 1.165) is 24.7 Å². The van der Waals surface area contributed by atoms with E-state index in [2.05, 4.69) is 25.9 Å². The fourth-order valence-electron chi connectivity index (χ4n) is 6.96. The number of benzene rings is 1. The Kier molecular flexibility index (Phi) is 26.8. The van der Waals surface area contributed by atoms with Crippen LogP contribution in [0, 0.1) is 17.4 Å². The monoisotopic (exact) mass is 597 g/mol. The van der Waals surface area contributed by atoms with Crippen molar-refractivity contribution >= 4 is 11.5 Å². The highest BCUT2D eigenvalue weighted by Crippen LogP contribution is 2.33. The number of ketones is 1. The van der Waals surface area contributed by atoms with Crippen molar-refractivity contribution in [2.24, 2.45) is 17.0 Å². The molecule has 0 bridgehead atoms. The molecule has 0 radical (unpaired) electrons. The predicted molar refractivity (Wildman–Crippen MR) is 189 cm³/mol. The summed E-state index contributed by atoms with van der Waals surface area (Å²) < 4.78 is 0. The van der Waals surface area contributed by atoms with E-state index in [4.69, 9.17) is 5.53 Å². The van der Waals surface area contributed by atoms with Gasteiger partial charge in [-0.3, -0.25) is 4.79 Å². The van der Waals surface area contributed by atoms with Gasteiger partial charge in [0.1, 0.15) is 0 Å². The summed E-state index contributed by atoms with van der Waals surface area (Å²) in [6, 6.07) is 7.27. The molecule has 248 valence electrons. The van der Waals surface area contributed by atoms with Gasteiger partial charge < -0.3 is 0 Å². The lowest BCUT2D eigenvalue weighted by Crippen LogP contribution is -2.16. The van der Waals surface area contributed by atoms with Gasteiger partial charge >= 0.3 is 0 Å². The fourth-order valence-corrected chi connectivity index (χ4v) is 6.96. The first-order chi connectivity index (χ1) is 21.2. The Bertz CT molecular complexity index is 776. The van der Waals surface area contributed by atoms with E-state index in [1.54, 1.807) is 6.07 Å². The van der Waals surface area contributed by atoms with Crippen molar-refractivity contribution in [1.82, 2.24) is 0 Å². The quantitative estimate of drug-likeness (QED) is 0.0502. The van der Waals surface area contributed by atoms with Gasteiger partial charge in [0.15, 0.2) is 5.78 Å². The lowest BCUT2D eigenvalue weighted by molar-refractivity contribution is 0.0979. The maximum absolute atomic E-state index is 12.6. The van der Waals surface area contributed by atoms with Gasteiger partial charge in [-0.25, -0.2) is 5.53 Å². The number of rotatable bonds is 32. The van der Waals surface area contributed by atoms with Gasteiger partial charge in [-0.15, -0.1) is 0 Å². The van der Waals surface area contributed by atoms with Crippen molar-refractivity contribution in [3.05, 3.63) is 29.8 Å². The van der Waals surface area contributed by atoms with Crippen LogP contribution in [0.2, 0.25) is 0 Å². The molecule has 1 aromatic rings. The van der Waals surface area contributed by atoms with E-state index < -0.39 is 0 Å². The molecule has 1 N–H and O–H groups in total. The van der Waals surface area contributed by atoms with Gasteiger partial charge in [0.25, 0.3) is 0 Å². The van der Waals surface area contributed by atoms with Crippen molar-refractivity contribution in [1.29, 1.82) is 5.53 Å². The molecule has 0 saturated heterocycles. The molecule has 43 heavy (non-hydrogen) atoms. The van der Waals surface area contributed by atoms with Gasteiger partial charge in [-0.05, 0) is 30.4 Å². The standard InChI is InChI=1S/C40H72N2O/c1-4-7-10-12-14-18-23-30-36(29-22-9-6-3)37(31-24-19-15-13-11-8-5-2)32-25-20-16-17-21-26-35-40(43)38-33-27-28-34-39(38)42-41/h27-28,33-34,36-37,41H,4-26,29-32,35H2,1-3H3. The number of nitrogens with zero attached hydrogens (tertiary/aromatic N) is 1. The molecule has 0 aliphatic heterocycles. The minimum atomic E-state index is 0.134.